The second kappa shape index (κ2) is 44.3. The van der Waals surface area contributed by atoms with Crippen LogP contribution in [0.25, 0.3) is 0 Å². The van der Waals surface area contributed by atoms with Gasteiger partial charge in [-0.1, -0.05) is 172 Å². The molecule has 0 aromatic rings. The summed E-state index contributed by atoms with van der Waals surface area (Å²) in [6.07, 6.45) is 35.9. The summed E-state index contributed by atoms with van der Waals surface area (Å²) in [5.41, 5.74) is 0. The predicted octanol–water partition coefficient (Wildman–Crippen LogP) is 9.52. The lowest BCUT2D eigenvalue weighted by Gasteiger charge is -2.42. The molecule has 0 aromatic heterocycles. The van der Waals surface area contributed by atoms with E-state index in [-0.39, 0.29) is 25.6 Å². The maximum Gasteiger partial charge on any atom is 0.306 e. The number of carbonyl (C=O) groups is 1. The molecule has 7 N–H and O–H groups in total. The molecule has 14 nitrogen and oxygen atoms in total. The molecule has 14 heteroatoms. The molecule has 0 aromatic carbocycles. The van der Waals surface area contributed by atoms with Gasteiger partial charge in [0.2, 0.25) is 0 Å². The highest BCUT2D eigenvalue weighted by Gasteiger charge is 2.47. The molecular weight excluding hydrogens is 909 g/mol. The molecule has 0 bridgehead atoms. The second-order valence-corrected chi connectivity index (χ2v) is 19.8. The van der Waals surface area contributed by atoms with Gasteiger partial charge in [0.25, 0.3) is 0 Å². The van der Waals surface area contributed by atoms with E-state index in [4.69, 9.17) is 28.4 Å². The first-order chi connectivity index (χ1) is 34.6. The van der Waals surface area contributed by atoms with Gasteiger partial charge in [0, 0.05) is 13.0 Å². The minimum Gasteiger partial charge on any atom is -0.457 e. The lowest BCUT2D eigenvalue weighted by atomic mass is 9.98. The summed E-state index contributed by atoms with van der Waals surface area (Å²) in [5, 5.41) is 72.3. The Kier molecular flexibility index (Phi) is 40.6. The van der Waals surface area contributed by atoms with E-state index in [0.29, 0.717) is 13.0 Å². The van der Waals surface area contributed by atoms with Gasteiger partial charge in [0.1, 0.15) is 54.9 Å². The van der Waals surface area contributed by atoms with Gasteiger partial charge >= 0.3 is 5.97 Å². The molecule has 71 heavy (non-hydrogen) atoms. The van der Waals surface area contributed by atoms with E-state index in [1.54, 1.807) is 0 Å². The van der Waals surface area contributed by atoms with E-state index in [1.165, 1.54) is 109 Å². The summed E-state index contributed by atoms with van der Waals surface area (Å²) >= 11 is 0. The Hall–Kier alpha value is -2.05. The van der Waals surface area contributed by atoms with Crippen molar-refractivity contribution < 1.29 is 69.0 Å². The Morgan fingerprint density at radius 2 is 0.873 bits per heavy atom. The van der Waals surface area contributed by atoms with Crippen molar-refractivity contribution in [1.29, 1.82) is 0 Å². The number of esters is 1. The van der Waals surface area contributed by atoms with Crippen LogP contribution in [0.5, 0.6) is 0 Å². The Morgan fingerprint density at radius 1 is 0.465 bits per heavy atom. The van der Waals surface area contributed by atoms with Crippen molar-refractivity contribution in [2.75, 3.05) is 33.0 Å². The number of hydrogen-bond donors (Lipinski definition) is 7. The molecule has 0 radical (unpaired) electrons. The first-order valence-electron chi connectivity index (χ1n) is 28.2. The highest BCUT2D eigenvalue weighted by molar-refractivity contribution is 5.69. The Morgan fingerprint density at radius 3 is 1.41 bits per heavy atom. The molecule has 2 fully saturated rings. The number of hydrogen-bond acceptors (Lipinski definition) is 14. The fourth-order valence-electron chi connectivity index (χ4n) is 8.70. The number of ether oxygens (including phenoxy) is 6. The average molecular weight is 1010 g/mol. The van der Waals surface area contributed by atoms with E-state index in [9.17, 15) is 40.5 Å². The molecule has 2 heterocycles. The first-order valence-corrected chi connectivity index (χ1v) is 28.2. The van der Waals surface area contributed by atoms with Crippen LogP contribution in [0.2, 0.25) is 0 Å². The van der Waals surface area contributed by atoms with Crippen LogP contribution in [-0.4, -0.2) is 142 Å². The fraction of sp³-hybridized carbons (Fsp3) is 0.842. The summed E-state index contributed by atoms with van der Waals surface area (Å²) in [6, 6.07) is 0. The van der Waals surface area contributed by atoms with Gasteiger partial charge in [0.15, 0.2) is 12.6 Å². The quantitative estimate of drug-likeness (QED) is 0.0172. The van der Waals surface area contributed by atoms with Crippen molar-refractivity contribution in [2.45, 2.75) is 274 Å². The molecule has 2 rings (SSSR count). The maximum atomic E-state index is 13.1. The predicted molar refractivity (Wildman–Crippen MR) is 279 cm³/mol. The van der Waals surface area contributed by atoms with Crippen LogP contribution >= 0.6 is 0 Å². The summed E-state index contributed by atoms with van der Waals surface area (Å²) in [4.78, 5) is 13.1. The Labute approximate surface area is 429 Å². The van der Waals surface area contributed by atoms with Crippen LogP contribution in [0, 0.1) is 0 Å². The second-order valence-electron chi connectivity index (χ2n) is 19.8. The molecule has 0 saturated carbocycles. The minimum absolute atomic E-state index is 0.0536. The summed E-state index contributed by atoms with van der Waals surface area (Å²) < 4.78 is 34.4. The normalized spacial score (nSPS) is 25.6. The third-order valence-corrected chi connectivity index (χ3v) is 13.3. The van der Waals surface area contributed by atoms with Gasteiger partial charge in [-0.25, -0.2) is 0 Å². The van der Waals surface area contributed by atoms with Gasteiger partial charge in [-0.15, -0.1) is 0 Å². The van der Waals surface area contributed by atoms with E-state index < -0.39 is 80.7 Å². The Bertz CT molecular complexity index is 1360. The number of rotatable bonds is 45. The zero-order valence-corrected chi connectivity index (χ0v) is 44.2. The van der Waals surface area contributed by atoms with Crippen molar-refractivity contribution in [3.05, 3.63) is 48.6 Å². The largest absolute Gasteiger partial charge is 0.457 e. The standard InChI is InChI=1S/C57H102O14/c1-3-5-7-9-11-13-15-17-19-21-23-24-26-28-30-32-34-36-38-40-49(59)69-46(43-66-41-39-37-35-33-31-29-27-25-22-20-18-16-14-12-10-8-6-4-2)44-67-56-55(65)53(63)51(61)48(71-56)45-68-57-54(64)52(62)50(60)47(42-58)70-57/h11,13,17-20,23-24,46-48,50-58,60-65H,3-10,12,14-16,21-22,25-45H2,1-2H3/b13-11-,19-17-,20-18-,24-23-. The van der Waals surface area contributed by atoms with Gasteiger partial charge in [-0.05, 0) is 77.0 Å². The lowest BCUT2D eigenvalue weighted by molar-refractivity contribution is -0.332. The number of carbonyl (C=O) groups excluding carboxylic acids is 1. The van der Waals surface area contributed by atoms with Gasteiger partial charge in [-0.3, -0.25) is 4.79 Å². The van der Waals surface area contributed by atoms with Gasteiger partial charge < -0.3 is 64.2 Å². The van der Waals surface area contributed by atoms with Crippen LogP contribution < -0.4 is 0 Å². The van der Waals surface area contributed by atoms with Crippen molar-refractivity contribution in [3.63, 3.8) is 0 Å². The Balaban J connectivity index is 1.74. The molecule has 2 saturated heterocycles. The fourth-order valence-corrected chi connectivity index (χ4v) is 8.70. The lowest BCUT2D eigenvalue weighted by Crippen LogP contribution is -2.61. The van der Waals surface area contributed by atoms with Crippen molar-refractivity contribution in [2.24, 2.45) is 0 Å². The topological polar surface area (TPSA) is 214 Å². The van der Waals surface area contributed by atoms with Crippen LogP contribution in [0.4, 0.5) is 0 Å². The van der Waals surface area contributed by atoms with Gasteiger partial charge in [-0.2, -0.15) is 0 Å². The molecule has 0 amide bonds. The third-order valence-electron chi connectivity index (χ3n) is 13.3. The highest BCUT2D eigenvalue weighted by atomic mass is 16.7. The van der Waals surface area contributed by atoms with Gasteiger partial charge in [0.05, 0.1) is 26.4 Å². The third kappa shape index (κ3) is 31.4. The number of unbranched alkanes of at least 4 members (excludes halogenated alkanes) is 23. The molecule has 414 valence electrons. The number of aliphatic hydroxyl groups excluding tert-OH is 7. The molecule has 0 spiro atoms. The highest BCUT2D eigenvalue weighted by Crippen LogP contribution is 2.26. The number of aliphatic hydroxyl groups is 7. The molecule has 2 aliphatic heterocycles. The van der Waals surface area contributed by atoms with E-state index >= 15 is 0 Å². The van der Waals surface area contributed by atoms with Crippen LogP contribution in [-0.2, 0) is 33.2 Å². The maximum absolute atomic E-state index is 13.1. The SMILES string of the molecule is CCCCC/C=C\C/C=C\C/C=C\CCCCCCCCC(=O)OC(COCCCCCCCCCC/C=C\CCCCCCCC)COC1OC(COC2OC(CO)C(O)C(O)C2O)C(O)C(O)C1O. The van der Waals surface area contributed by atoms with Crippen molar-refractivity contribution >= 4 is 5.97 Å². The monoisotopic (exact) mass is 1010 g/mol. The zero-order valence-electron chi connectivity index (χ0n) is 44.2. The molecule has 2 aliphatic rings. The smallest absolute Gasteiger partial charge is 0.306 e. The molecular formula is C57H102O14. The van der Waals surface area contributed by atoms with Crippen molar-refractivity contribution in [3.8, 4) is 0 Å². The zero-order chi connectivity index (χ0) is 51.6. The van der Waals surface area contributed by atoms with Crippen LogP contribution in [0.3, 0.4) is 0 Å². The summed E-state index contributed by atoms with van der Waals surface area (Å²) in [7, 11) is 0. The van der Waals surface area contributed by atoms with Crippen LogP contribution in [0.15, 0.2) is 48.6 Å². The molecule has 11 unspecified atom stereocenters. The van der Waals surface area contributed by atoms with E-state index in [1.807, 2.05) is 0 Å². The van der Waals surface area contributed by atoms with Crippen LogP contribution in [0.1, 0.15) is 206 Å². The number of allylic oxidation sites excluding steroid dienone is 8. The molecule has 11 atom stereocenters. The minimum atomic E-state index is -1.71. The van der Waals surface area contributed by atoms with E-state index in [2.05, 4.69) is 62.5 Å². The first kappa shape index (κ1) is 65.1. The van der Waals surface area contributed by atoms with Crippen molar-refractivity contribution in [1.82, 2.24) is 0 Å². The van der Waals surface area contributed by atoms with E-state index in [0.717, 1.165) is 70.6 Å². The summed E-state index contributed by atoms with van der Waals surface area (Å²) in [5.74, 6) is -0.389. The average Bonchev–Trinajstić information content (AvgIpc) is 3.37. The molecule has 0 aliphatic carbocycles. The summed E-state index contributed by atoms with van der Waals surface area (Å²) in [6.45, 7) is 3.65.